The first-order valence-electron chi connectivity index (χ1n) is 6.65. The van der Waals surface area contributed by atoms with Gasteiger partial charge in [-0.15, -0.1) is 0 Å². The lowest BCUT2D eigenvalue weighted by Gasteiger charge is -2.36. The summed E-state index contributed by atoms with van der Waals surface area (Å²) in [6.45, 7) is 4.95. The average molecular weight is 258 g/mol. The fourth-order valence-corrected chi connectivity index (χ4v) is 3.25. The van der Waals surface area contributed by atoms with E-state index in [9.17, 15) is 4.79 Å². The Hall–Kier alpha value is -0.220. The van der Waals surface area contributed by atoms with Crippen molar-refractivity contribution in [1.29, 1.82) is 0 Å². The molecule has 0 spiro atoms. The van der Waals surface area contributed by atoms with Crippen LogP contribution in [-0.2, 0) is 4.79 Å². The van der Waals surface area contributed by atoms with E-state index < -0.39 is 0 Å². The predicted octanol–water partition coefficient (Wildman–Crippen LogP) is 2.10. The van der Waals surface area contributed by atoms with Gasteiger partial charge in [-0.3, -0.25) is 4.79 Å². The van der Waals surface area contributed by atoms with Gasteiger partial charge in [-0.1, -0.05) is 6.92 Å². The lowest BCUT2D eigenvalue weighted by atomic mass is 9.90. The molecule has 1 atom stereocenters. The van der Waals surface area contributed by atoms with Crippen LogP contribution in [0.4, 0.5) is 0 Å². The number of carbonyl (C=O) groups excluding carboxylic acids is 1. The second kappa shape index (κ2) is 7.27. The Morgan fingerprint density at radius 1 is 1.41 bits per heavy atom. The van der Waals surface area contributed by atoms with Gasteiger partial charge in [0.05, 0.1) is 0 Å². The minimum Gasteiger partial charge on any atom is -0.340 e. The van der Waals surface area contributed by atoms with Gasteiger partial charge in [0, 0.05) is 30.3 Å². The molecule has 3 nitrogen and oxygen atoms in total. The van der Waals surface area contributed by atoms with Crippen LogP contribution in [0.5, 0.6) is 0 Å². The molecule has 0 heterocycles. The third-order valence-corrected chi connectivity index (χ3v) is 4.48. The van der Waals surface area contributed by atoms with Crippen molar-refractivity contribution in [2.45, 2.75) is 51.6 Å². The predicted molar refractivity (Wildman–Crippen MR) is 75.2 cm³/mol. The van der Waals surface area contributed by atoms with E-state index in [0.717, 1.165) is 38.0 Å². The van der Waals surface area contributed by atoms with Crippen LogP contribution in [0, 0.1) is 5.92 Å². The highest BCUT2D eigenvalue weighted by Crippen LogP contribution is 2.23. The summed E-state index contributed by atoms with van der Waals surface area (Å²) in [5.74, 6) is 1.38. The van der Waals surface area contributed by atoms with Crippen molar-refractivity contribution in [3.63, 3.8) is 0 Å². The third-order valence-electron chi connectivity index (χ3n) is 3.64. The van der Waals surface area contributed by atoms with Crippen molar-refractivity contribution in [2.75, 3.05) is 18.6 Å². The van der Waals surface area contributed by atoms with Gasteiger partial charge in [0.15, 0.2) is 0 Å². The van der Waals surface area contributed by atoms with E-state index in [4.69, 9.17) is 5.73 Å². The van der Waals surface area contributed by atoms with Gasteiger partial charge in [-0.05, 0) is 38.9 Å². The second-order valence-electron chi connectivity index (χ2n) is 5.05. The van der Waals surface area contributed by atoms with Crippen LogP contribution in [-0.4, -0.2) is 41.4 Å². The monoisotopic (exact) mass is 258 g/mol. The first kappa shape index (κ1) is 14.8. The molecule has 1 unspecified atom stereocenters. The number of thioether (sulfide) groups is 1. The van der Waals surface area contributed by atoms with Crippen LogP contribution in [0.25, 0.3) is 0 Å². The van der Waals surface area contributed by atoms with E-state index in [-0.39, 0.29) is 5.92 Å². The summed E-state index contributed by atoms with van der Waals surface area (Å²) in [6, 6.07) is 0.778. The van der Waals surface area contributed by atoms with Crippen molar-refractivity contribution >= 4 is 17.7 Å². The highest BCUT2D eigenvalue weighted by Gasteiger charge is 2.28. The zero-order chi connectivity index (χ0) is 12.8. The molecular weight excluding hydrogens is 232 g/mol. The third kappa shape index (κ3) is 4.18. The Morgan fingerprint density at radius 2 is 2.00 bits per heavy atom. The van der Waals surface area contributed by atoms with Gasteiger partial charge in [-0.25, -0.2) is 0 Å². The zero-order valence-corrected chi connectivity index (χ0v) is 12.1. The molecule has 0 radical (unpaired) electrons. The normalized spacial score (nSPS) is 26.6. The molecule has 1 amide bonds. The van der Waals surface area contributed by atoms with Gasteiger partial charge in [0.1, 0.15) is 0 Å². The van der Waals surface area contributed by atoms with Crippen LogP contribution >= 0.6 is 11.8 Å². The van der Waals surface area contributed by atoms with Crippen molar-refractivity contribution in [3.05, 3.63) is 0 Å². The number of amides is 1. The van der Waals surface area contributed by atoms with E-state index in [1.165, 1.54) is 0 Å². The molecule has 1 saturated carbocycles. The topological polar surface area (TPSA) is 46.3 Å². The Bertz CT molecular complexity index is 240. The molecule has 4 heteroatoms. The molecule has 1 aliphatic rings. The van der Waals surface area contributed by atoms with Crippen molar-refractivity contribution < 1.29 is 4.79 Å². The van der Waals surface area contributed by atoms with Gasteiger partial charge in [-0.2, -0.15) is 11.8 Å². The van der Waals surface area contributed by atoms with Crippen LogP contribution in [0.1, 0.15) is 39.5 Å². The van der Waals surface area contributed by atoms with Crippen LogP contribution < -0.4 is 5.73 Å². The molecule has 1 aliphatic carbocycles. The summed E-state index contributed by atoms with van der Waals surface area (Å²) in [5.41, 5.74) is 5.92. The average Bonchev–Trinajstić information content (AvgIpc) is 2.32. The molecule has 1 fully saturated rings. The summed E-state index contributed by atoms with van der Waals surface area (Å²) in [6.07, 6.45) is 6.33. The Morgan fingerprint density at radius 3 is 2.47 bits per heavy atom. The van der Waals surface area contributed by atoms with E-state index in [1.54, 1.807) is 11.8 Å². The maximum Gasteiger partial charge on any atom is 0.226 e. The summed E-state index contributed by atoms with van der Waals surface area (Å²) < 4.78 is 0. The molecule has 0 aliphatic heterocycles. The zero-order valence-electron chi connectivity index (χ0n) is 11.3. The summed E-state index contributed by atoms with van der Waals surface area (Å²) in [4.78, 5) is 14.4. The number of carbonyl (C=O) groups is 1. The molecule has 1 rings (SSSR count). The minimum atomic E-state index is 0.139. The smallest absolute Gasteiger partial charge is 0.226 e. The quantitative estimate of drug-likeness (QED) is 0.821. The van der Waals surface area contributed by atoms with E-state index >= 15 is 0 Å². The van der Waals surface area contributed by atoms with Crippen molar-refractivity contribution in [1.82, 2.24) is 4.90 Å². The Balaban J connectivity index is 2.55. The largest absolute Gasteiger partial charge is 0.340 e. The Kier molecular flexibility index (Phi) is 6.34. The number of hydrogen-bond donors (Lipinski definition) is 1. The molecule has 0 aromatic heterocycles. The number of rotatable bonds is 5. The highest BCUT2D eigenvalue weighted by molar-refractivity contribution is 7.98. The molecule has 0 aromatic carbocycles. The second-order valence-corrected chi connectivity index (χ2v) is 5.96. The molecule has 2 N–H and O–H groups in total. The number of nitrogens with two attached hydrogens (primary N) is 1. The molecule has 0 bridgehead atoms. The minimum absolute atomic E-state index is 0.139. The lowest BCUT2D eigenvalue weighted by Crippen LogP contribution is -2.46. The van der Waals surface area contributed by atoms with Gasteiger partial charge < -0.3 is 10.6 Å². The fourth-order valence-electron chi connectivity index (χ4n) is 2.61. The Labute approximate surface area is 109 Å². The van der Waals surface area contributed by atoms with E-state index in [1.807, 2.05) is 6.92 Å². The fraction of sp³-hybridized carbons (Fsp3) is 0.923. The molecule has 17 heavy (non-hydrogen) atoms. The molecular formula is C13H26N2OS. The lowest BCUT2D eigenvalue weighted by molar-refractivity contribution is -0.137. The maximum atomic E-state index is 12.3. The van der Waals surface area contributed by atoms with Crippen molar-refractivity contribution in [2.24, 2.45) is 11.7 Å². The van der Waals surface area contributed by atoms with Gasteiger partial charge in [0.25, 0.3) is 0 Å². The molecule has 0 aromatic rings. The standard InChI is InChI=1S/C13H26N2OS/c1-4-15(13(16)10(2)9-17-3)12-7-5-11(14)6-8-12/h10-12H,4-9,14H2,1-3H3. The SMILES string of the molecule is CCN(C(=O)C(C)CSC)C1CCC(N)CC1. The maximum absolute atomic E-state index is 12.3. The van der Waals surface area contributed by atoms with Crippen LogP contribution in [0.3, 0.4) is 0 Å². The summed E-state index contributed by atoms with van der Waals surface area (Å²) >= 11 is 1.75. The van der Waals surface area contributed by atoms with Crippen molar-refractivity contribution in [3.8, 4) is 0 Å². The summed E-state index contributed by atoms with van der Waals surface area (Å²) in [7, 11) is 0. The molecule has 100 valence electrons. The van der Waals surface area contributed by atoms with Crippen LogP contribution in [0.2, 0.25) is 0 Å². The summed E-state index contributed by atoms with van der Waals surface area (Å²) in [5, 5.41) is 0. The number of nitrogens with zero attached hydrogens (tertiary/aromatic N) is 1. The van der Waals surface area contributed by atoms with Gasteiger partial charge >= 0.3 is 0 Å². The first-order valence-corrected chi connectivity index (χ1v) is 8.04. The van der Waals surface area contributed by atoms with E-state index in [0.29, 0.717) is 18.0 Å². The van der Waals surface area contributed by atoms with Crippen LogP contribution in [0.15, 0.2) is 0 Å². The van der Waals surface area contributed by atoms with Gasteiger partial charge in [0.2, 0.25) is 5.91 Å². The number of hydrogen-bond acceptors (Lipinski definition) is 3. The van der Waals surface area contributed by atoms with E-state index in [2.05, 4.69) is 18.1 Å². The first-order chi connectivity index (χ1) is 8.10. The molecule has 0 saturated heterocycles. The highest BCUT2D eigenvalue weighted by atomic mass is 32.2.